The predicted molar refractivity (Wildman–Crippen MR) is 74.4 cm³/mol. The fourth-order valence-corrected chi connectivity index (χ4v) is 2.57. The Morgan fingerprint density at radius 2 is 2.11 bits per heavy atom. The van der Waals surface area contributed by atoms with Crippen LogP contribution < -0.4 is 5.73 Å². The summed E-state index contributed by atoms with van der Waals surface area (Å²) < 4.78 is 5.83. The molecule has 2 N–H and O–H groups in total. The number of furan rings is 1. The van der Waals surface area contributed by atoms with Crippen LogP contribution in [0.4, 0.5) is 0 Å². The summed E-state index contributed by atoms with van der Waals surface area (Å²) in [5.74, 6) is 2.89. The molecule has 3 heteroatoms. The molecule has 0 radical (unpaired) electrons. The molecule has 18 heavy (non-hydrogen) atoms. The summed E-state index contributed by atoms with van der Waals surface area (Å²) in [7, 11) is 0. The van der Waals surface area contributed by atoms with Crippen molar-refractivity contribution in [2.45, 2.75) is 52.1 Å². The van der Waals surface area contributed by atoms with Crippen LogP contribution in [0.25, 0.3) is 0 Å². The van der Waals surface area contributed by atoms with Gasteiger partial charge in [-0.3, -0.25) is 4.90 Å². The van der Waals surface area contributed by atoms with Gasteiger partial charge in [0.1, 0.15) is 11.5 Å². The summed E-state index contributed by atoms with van der Waals surface area (Å²) in [6, 6.07) is 4.50. The molecular formula is C15H26N2O. The van der Waals surface area contributed by atoms with Crippen LogP contribution in [-0.4, -0.2) is 24.0 Å². The van der Waals surface area contributed by atoms with Gasteiger partial charge in [0, 0.05) is 12.6 Å². The van der Waals surface area contributed by atoms with Crippen LogP contribution in [0, 0.1) is 12.8 Å². The van der Waals surface area contributed by atoms with Gasteiger partial charge in [0.15, 0.2) is 0 Å². The van der Waals surface area contributed by atoms with E-state index in [1.807, 2.05) is 13.0 Å². The van der Waals surface area contributed by atoms with Gasteiger partial charge < -0.3 is 10.2 Å². The van der Waals surface area contributed by atoms with Gasteiger partial charge in [-0.05, 0) is 50.8 Å². The zero-order valence-electron chi connectivity index (χ0n) is 11.9. The van der Waals surface area contributed by atoms with Crippen molar-refractivity contribution in [3.63, 3.8) is 0 Å². The molecule has 1 aromatic heterocycles. The molecular weight excluding hydrogens is 224 g/mol. The minimum absolute atomic E-state index is 0.147. The van der Waals surface area contributed by atoms with Gasteiger partial charge in [0.2, 0.25) is 0 Å². The molecule has 3 nitrogen and oxygen atoms in total. The first-order valence-corrected chi connectivity index (χ1v) is 7.21. The maximum atomic E-state index is 6.33. The molecule has 0 saturated heterocycles. The van der Waals surface area contributed by atoms with Crippen molar-refractivity contribution in [2.24, 2.45) is 11.7 Å². The van der Waals surface area contributed by atoms with Gasteiger partial charge in [-0.1, -0.05) is 13.8 Å². The lowest BCUT2D eigenvalue weighted by atomic mass is 10.0. The Bertz CT molecular complexity index is 370. The highest BCUT2D eigenvalue weighted by atomic mass is 16.3. The molecule has 0 aliphatic heterocycles. The summed E-state index contributed by atoms with van der Waals surface area (Å²) in [5, 5.41) is 0. The van der Waals surface area contributed by atoms with E-state index in [1.165, 1.54) is 12.8 Å². The molecule has 1 aromatic rings. The van der Waals surface area contributed by atoms with Gasteiger partial charge in [0.25, 0.3) is 0 Å². The first-order chi connectivity index (χ1) is 8.65. The number of hydrogen-bond acceptors (Lipinski definition) is 3. The van der Waals surface area contributed by atoms with Gasteiger partial charge in [-0.15, -0.1) is 0 Å². The molecule has 102 valence electrons. The van der Waals surface area contributed by atoms with Crippen LogP contribution in [0.1, 0.15) is 50.7 Å². The van der Waals surface area contributed by atoms with Crippen molar-refractivity contribution >= 4 is 0 Å². The number of aryl methyl sites for hydroxylation is 1. The second-order valence-electron chi connectivity index (χ2n) is 5.50. The summed E-state index contributed by atoms with van der Waals surface area (Å²) >= 11 is 0. The first kappa shape index (κ1) is 13.6. The van der Waals surface area contributed by atoms with Gasteiger partial charge >= 0.3 is 0 Å². The highest BCUT2D eigenvalue weighted by Gasteiger charge is 2.32. The monoisotopic (exact) mass is 250 g/mol. The summed E-state index contributed by atoms with van der Waals surface area (Å²) in [5.41, 5.74) is 6.33. The third kappa shape index (κ3) is 3.15. The van der Waals surface area contributed by atoms with E-state index in [4.69, 9.17) is 10.2 Å². The zero-order chi connectivity index (χ0) is 13.1. The molecule has 0 aromatic carbocycles. The highest BCUT2D eigenvalue weighted by Crippen LogP contribution is 2.34. The number of likely N-dealkylation sites (N-methyl/N-ethyl adjacent to an activating group) is 1. The Labute approximate surface area is 110 Å². The van der Waals surface area contributed by atoms with E-state index in [-0.39, 0.29) is 12.1 Å². The highest BCUT2D eigenvalue weighted by molar-refractivity contribution is 5.12. The fourth-order valence-electron chi connectivity index (χ4n) is 2.57. The van der Waals surface area contributed by atoms with E-state index in [1.54, 1.807) is 0 Å². The van der Waals surface area contributed by atoms with Crippen LogP contribution in [0.15, 0.2) is 16.5 Å². The summed E-state index contributed by atoms with van der Waals surface area (Å²) in [6.07, 6.45) is 3.73. The van der Waals surface area contributed by atoms with Crippen LogP contribution in [0.3, 0.4) is 0 Å². The lowest BCUT2D eigenvalue weighted by Crippen LogP contribution is -2.41. The second-order valence-corrected chi connectivity index (χ2v) is 5.50. The molecule has 1 aliphatic rings. The summed E-state index contributed by atoms with van der Waals surface area (Å²) in [6.45, 7) is 8.56. The van der Waals surface area contributed by atoms with Crippen molar-refractivity contribution in [1.29, 1.82) is 0 Å². The Hall–Kier alpha value is -0.800. The Morgan fingerprint density at radius 3 is 2.56 bits per heavy atom. The molecule has 1 aliphatic carbocycles. The minimum Gasteiger partial charge on any atom is -0.465 e. The number of rotatable bonds is 7. The van der Waals surface area contributed by atoms with Gasteiger partial charge in [-0.2, -0.15) is 0 Å². The Morgan fingerprint density at radius 1 is 1.39 bits per heavy atom. The lowest BCUT2D eigenvalue weighted by Gasteiger charge is -2.33. The van der Waals surface area contributed by atoms with Crippen molar-refractivity contribution in [3.05, 3.63) is 23.7 Å². The van der Waals surface area contributed by atoms with Crippen LogP contribution in [-0.2, 0) is 0 Å². The SMILES string of the molecule is CCC(N)C(c1ccc(C)o1)N(CC)CC1CC1. The number of nitrogens with two attached hydrogens (primary N) is 1. The number of nitrogens with zero attached hydrogens (tertiary/aromatic N) is 1. The summed E-state index contributed by atoms with van der Waals surface area (Å²) in [4.78, 5) is 2.49. The molecule has 2 atom stereocenters. The molecule has 0 bridgehead atoms. The molecule has 0 spiro atoms. The van der Waals surface area contributed by atoms with E-state index < -0.39 is 0 Å². The molecule has 2 unspecified atom stereocenters. The number of hydrogen-bond donors (Lipinski definition) is 1. The van der Waals surface area contributed by atoms with Crippen molar-refractivity contribution in [3.8, 4) is 0 Å². The van der Waals surface area contributed by atoms with Crippen LogP contribution in [0.2, 0.25) is 0 Å². The Kier molecular flexibility index (Phi) is 4.46. The first-order valence-electron chi connectivity index (χ1n) is 7.21. The quantitative estimate of drug-likeness (QED) is 0.808. The van der Waals surface area contributed by atoms with E-state index in [9.17, 15) is 0 Å². The van der Waals surface area contributed by atoms with E-state index in [0.717, 1.165) is 36.9 Å². The maximum absolute atomic E-state index is 6.33. The van der Waals surface area contributed by atoms with Gasteiger partial charge in [-0.25, -0.2) is 0 Å². The van der Waals surface area contributed by atoms with Crippen molar-refractivity contribution < 1.29 is 4.42 Å². The predicted octanol–water partition coefficient (Wildman–Crippen LogP) is 3.10. The fraction of sp³-hybridized carbons (Fsp3) is 0.733. The zero-order valence-corrected chi connectivity index (χ0v) is 11.9. The van der Waals surface area contributed by atoms with E-state index in [2.05, 4.69) is 24.8 Å². The van der Waals surface area contributed by atoms with Crippen LogP contribution in [0.5, 0.6) is 0 Å². The minimum atomic E-state index is 0.147. The average Bonchev–Trinajstić information content (AvgIpc) is 3.09. The largest absolute Gasteiger partial charge is 0.465 e. The van der Waals surface area contributed by atoms with Crippen molar-refractivity contribution in [1.82, 2.24) is 4.90 Å². The smallest absolute Gasteiger partial charge is 0.122 e. The van der Waals surface area contributed by atoms with Crippen LogP contribution >= 0.6 is 0 Å². The van der Waals surface area contributed by atoms with Gasteiger partial charge in [0.05, 0.1) is 6.04 Å². The second kappa shape index (κ2) is 5.89. The Balaban J connectivity index is 2.16. The van der Waals surface area contributed by atoms with E-state index in [0.29, 0.717) is 0 Å². The van der Waals surface area contributed by atoms with Crippen molar-refractivity contribution in [2.75, 3.05) is 13.1 Å². The van der Waals surface area contributed by atoms with E-state index >= 15 is 0 Å². The molecule has 1 fully saturated rings. The molecule has 1 saturated carbocycles. The maximum Gasteiger partial charge on any atom is 0.122 e. The molecule has 2 rings (SSSR count). The average molecular weight is 250 g/mol. The standard InChI is InChI=1S/C15H26N2O/c1-4-13(16)15(14-9-6-11(3)18-14)17(5-2)10-12-7-8-12/h6,9,12-13,15H,4-5,7-8,10,16H2,1-3H3. The third-order valence-corrected chi connectivity index (χ3v) is 3.92. The molecule has 0 amide bonds. The topological polar surface area (TPSA) is 42.4 Å². The third-order valence-electron chi connectivity index (χ3n) is 3.92. The molecule has 1 heterocycles. The normalized spacial score (nSPS) is 19.2. The lowest BCUT2D eigenvalue weighted by molar-refractivity contribution is 0.148.